The second kappa shape index (κ2) is 7.66. The van der Waals surface area contributed by atoms with Gasteiger partial charge < -0.3 is 15.8 Å². The Labute approximate surface area is 148 Å². The van der Waals surface area contributed by atoms with Gasteiger partial charge in [-0.15, -0.1) is 0 Å². The molecule has 25 heavy (non-hydrogen) atoms. The highest BCUT2D eigenvalue weighted by Gasteiger charge is 2.27. The van der Waals surface area contributed by atoms with Crippen LogP contribution in [-0.2, 0) is 11.4 Å². The Hall–Kier alpha value is -2.40. The fraction of sp³-hybridized carbons (Fsp3) is 0.350. The number of anilines is 1. The monoisotopic (exact) mass is 344 g/mol. The van der Waals surface area contributed by atoms with E-state index in [9.17, 15) is 9.18 Å². The second-order valence-electron chi connectivity index (χ2n) is 7.23. The van der Waals surface area contributed by atoms with Crippen LogP contribution in [0.4, 0.5) is 10.1 Å². The zero-order chi connectivity index (χ0) is 18.6. The average molecular weight is 344 g/mol. The maximum Gasteiger partial charge on any atom is 0.241 e. The van der Waals surface area contributed by atoms with Gasteiger partial charge in [-0.1, -0.05) is 32.9 Å². The van der Waals surface area contributed by atoms with E-state index in [1.54, 1.807) is 24.3 Å². The van der Waals surface area contributed by atoms with Gasteiger partial charge >= 0.3 is 0 Å². The molecular formula is C20H25FN2O2. The molecule has 0 spiro atoms. The van der Waals surface area contributed by atoms with Gasteiger partial charge in [0, 0.05) is 5.69 Å². The van der Waals surface area contributed by atoms with Crippen molar-refractivity contribution in [2.24, 2.45) is 11.1 Å². The van der Waals surface area contributed by atoms with Gasteiger partial charge in [0.05, 0.1) is 6.04 Å². The predicted molar refractivity (Wildman–Crippen MR) is 98.0 cm³/mol. The van der Waals surface area contributed by atoms with Gasteiger partial charge in [-0.05, 0) is 53.8 Å². The van der Waals surface area contributed by atoms with Crippen LogP contribution in [0.3, 0.4) is 0 Å². The summed E-state index contributed by atoms with van der Waals surface area (Å²) in [7, 11) is 0. The predicted octanol–water partition coefficient (Wildman–Crippen LogP) is 4.03. The first kappa shape index (κ1) is 18.9. The van der Waals surface area contributed by atoms with Crippen LogP contribution >= 0.6 is 0 Å². The Morgan fingerprint density at radius 2 is 1.96 bits per heavy atom. The number of hydrogen-bond acceptors (Lipinski definition) is 3. The first-order valence-corrected chi connectivity index (χ1v) is 8.21. The molecule has 0 heterocycles. The fourth-order valence-electron chi connectivity index (χ4n) is 2.26. The highest BCUT2D eigenvalue weighted by molar-refractivity contribution is 5.95. The first-order valence-electron chi connectivity index (χ1n) is 8.21. The van der Waals surface area contributed by atoms with Crippen LogP contribution in [0.1, 0.15) is 31.9 Å². The van der Waals surface area contributed by atoms with Crippen molar-refractivity contribution in [3.05, 3.63) is 59.4 Å². The van der Waals surface area contributed by atoms with Gasteiger partial charge in [0.15, 0.2) is 0 Å². The smallest absolute Gasteiger partial charge is 0.241 e. The van der Waals surface area contributed by atoms with Crippen molar-refractivity contribution < 1.29 is 13.9 Å². The number of halogens is 1. The van der Waals surface area contributed by atoms with E-state index in [0.717, 1.165) is 11.1 Å². The molecule has 2 aromatic carbocycles. The molecule has 0 fully saturated rings. The highest BCUT2D eigenvalue weighted by atomic mass is 19.1. The molecule has 0 aliphatic carbocycles. The minimum atomic E-state index is -0.601. The molecule has 0 aromatic heterocycles. The van der Waals surface area contributed by atoms with Crippen molar-refractivity contribution in [1.82, 2.24) is 0 Å². The molecular weight excluding hydrogens is 319 g/mol. The number of hydrogen-bond donors (Lipinski definition) is 2. The zero-order valence-electron chi connectivity index (χ0n) is 15.1. The fourth-order valence-corrected chi connectivity index (χ4v) is 2.26. The normalized spacial score (nSPS) is 12.6. The summed E-state index contributed by atoms with van der Waals surface area (Å²) in [5, 5.41) is 2.86. The van der Waals surface area contributed by atoms with Gasteiger partial charge in [0.2, 0.25) is 5.91 Å². The number of nitrogens with two attached hydrogens (primary N) is 1. The van der Waals surface area contributed by atoms with Crippen LogP contribution in [0.5, 0.6) is 5.75 Å². The van der Waals surface area contributed by atoms with E-state index >= 15 is 0 Å². The molecule has 5 heteroatoms. The standard InChI is InChI=1S/C20H25FN2O2/c1-13-10-16(25-12-14-6-5-7-15(21)11-14)8-9-17(13)23-19(24)18(22)20(2,3)4/h5-11,18H,12,22H2,1-4H3,(H,23,24)/t18-/m1/s1. The van der Waals surface area contributed by atoms with Crippen LogP contribution in [-0.4, -0.2) is 11.9 Å². The Bertz CT molecular complexity index is 754. The van der Waals surface area contributed by atoms with Crippen LogP contribution < -0.4 is 15.8 Å². The SMILES string of the molecule is Cc1cc(OCc2cccc(F)c2)ccc1NC(=O)[C@@H](N)C(C)(C)C. The maximum atomic E-state index is 13.2. The van der Waals surface area contributed by atoms with Crippen LogP contribution in [0.2, 0.25) is 0 Å². The quantitative estimate of drug-likeness (QED) is 0.861. The van der Waals surface area contributed by atoms with E-state index < -0.39 is 6.04 Å². The van der Waals surface area contributed by atoms with Crippen molar-refractivity contribution in [1.29, 1.82) is 0 Å². The summed E-state index contributed by atoms with van der Waals surface area (Å²) in [6.45, 7) is 7.93. The number of aryl methyl sites for hydroxylation is 1. The van der Waals surface area contributed by atoms with Crippen LogP contribution in [0, 0.1) is 18.2 Å². The minimum Gasteiger partial charge on any atom is -0.489 e. The molecule has 4 nitrogen and oxygen atoms in total. The largest absolute Gasteiger partial charge is 0.489 e. The zero-order valence-corrected chi connectivity index (χ0v) is 15.1. The number of ether oxygens (including phenoxy) is 1. The molecule has 1 atom stereocenters. The summed E-state index contributed by atoms with van der Waals surface area (Å²) in [6.07, 6.45) is 0. The minimum absolute atomic E-state index is 0.218. The Morgan fingerprint density at radius 3 is 2.56 bits per heavy atom. The third kappa shape index (κ3) is 5.29. The number of nitrogens with one attached hydrogen (secondary N) is 1. The summed E-state index contributed by atoms with van der Waals surface area (Å²) in [5.41, 5.74) is 7.99. The third-order valence-electron chi connectivity index (χ3n) is 3.97. The maximum absolute atomic E-state index is 13.2. The van der Waals surface area contributed by atoms with E-state index in [4.69, 9.17) is 10.5 Å². The molecule has 0 aliphatic rings. The highest BCUT2D eigenvalue weighted by Crippen LogP contribution is 2.24. The van der Waals surface area contributed by atoms with Crippen molar-refractivity contribution in [2.75, 3.05) is 5.32 Å². The number of rotatable bonds is 5. The molecule has 1 amide bonds. The lowest BCUT2D eigenvalue weighted by atomic mass is 9.87. The van der Waals surface area contributed by atoms with Gasteiger partial charge in [-0.25, -0.2) is 4.39 Å². The summed E-state index contributed by atoms with van der Waals surface area (Å²) in [6, 6.07) is 11.1. The van der Waals surface area contributed by atoms with Crippen molar-refractivity contribution >= 4 is 11.6 Å². The lowest BCUT2D eigenvalue weighted by molar-refractivity contribution is -0.119. The second-order valence-corrected chi connectivity index (χ2v) is 7.23. The van der Waals surface area contributed by atoms with Gasteiger partial charge in [-0.2, -0.15) is 0 Å². The van der Waals surface area contributed by atoms with Crippen molar-refractivity contribution in [3.8, 4) is 5.75 Å². The summed E-state index contributed by atoms with van der Waals surface area (Å²) < 4.78 is 18.9. The lowest BCUT2D eigenvalue weighted by Gasteiger charge is -2.26. The molecule has 3 N–H and O–H groups in total. The first-order chi connectivity index (χ1) is 11.7. The molecule has 2 aromatic rings. The van der Waals surface area contributed by atoms with Gasteiger partial charge in [0.25, 0.3) is 0 Å². The van der Waals surface area contributed by atoms with Crippen LogP contribution in [0.15, 0.2) is 42.5 Å². The van der Waals surface area contributed by atoms with E-state index in [0.29, 0.717) is 11.4 Å². The molecule has 0 radical (unpaired) electrons. The summed E-state index contributed by atoms with van der Waals surface area (Å²) >= 11 is 0. The van der Waals surface area contributed by atoms with Gasteiger partial charge in [-0.3, -0.25) is 4.79 Å². The van der Waals surface area contributed by atoms with Crippen molar-refractivity contribution in [3.63, 3.8) is 0 Å². The van der Waals surface area contributed by atoms with Gasteiger partial charge in [0.1, 0.15) is 18.2 Å². The van der Waals surface area contributed by atoms with Crippen molar-refractivity contribution in [2.45, 2.75) is 40.3 Å². The van der Waals surface area contributed by atoms with Crippen LogP contribution in [0.25, 0.3) is 0 Å². The molecule has 0 saturated heterocycles. The molecule has 2 rings (SSSR count). The third-order valence-corrected chi connectivity index (χ3v) is 3.97. The number of amides is 1. The number of carbonyl (C=O) groups is 1. The molecule has 0 bridgehead atoms. The summed E-state index contributed by atoms with van der Waals surface area (Å²) in [4.78, 5) is 12.2. The molecule has 0 unspecified atom stereocenters. The van der Waals surface area contributed by atoms with E-state index in [1.165, 1.54) is 12.1 Å². The lowest BCUT2D eigenvalue weighted by Crippen LogP contribution is -2.45. The average Bonchev–Trinajstić information content (AvgIpc) is 2.53. The molecule has 134 valence electrons. The Morgan fingerprint density at radius 1 is 1.24 bits per heavy atom. The Balaban J connectivity index is 2.01. The number of benzene rings is 2. The van der Waals surface area contributed by atoms with E-state index in [1.807, 2.05) is 33.8 Å². The molecule has 0 saturated carbocycles. The van der Waals surface area contributed by atoms with E-state index in [-0.39, 0.29) is 23.7 Å². The van der Waals surface area contributed by atoms with E-state index in [2.05, 4.69) is 5.32 Å². The Kier molecular flexibility index (Phi) is 5.80. The molecule has 0 aliphatic heterocycles. The topological polar surface area (TPSA) is 64.3 Å². The number of carbonyl (C=O) groups excluding carboxylic acids is 1. The summed E-state index contributed by atoms with van der Waals surface area (Å²) in [5.74, 6) is 0.148.